The third-order valence-corrected chi connectivity index (χ3v) is 2.96. The Kier molecular flexibility index (Phi) is 3.25. The maximum Gasteiger partial charge on any atom is 0.281 e. The predicted octanol–water partition coefficient (Wildman–Crippen LogP) is 2.39. The highest BCUT2D eigenvalue weighted by atomic mass is 35.7. The number of aromatic nitrogens is 1. The molecule has 15 heavy (non-hydrogen) atoms. The molecule has 1 aromatic rings. The first-order chi connectivity index (χ1) is 6.73. The summed E-state index contributed by atoms with van der Waals surface area (Å²) in [5, 5.41) is 0. The van der Waals surface area contributed by atoms with Crippen LogP contribution in [0.1, 0.15) is 17.8 Å². The largest absolute Gasteiger partial charge is 0.281 e. The van der Waals surface area contributed by atoms with Crippen molar-refractivity contribution in [3.63, 3.8) is 0 Å². The van der Waals surface area contributed by atoms with Crippen molar-refractivity contribution in [2.24, 2.45) is 0 Å². The van der Waals surface area contributed by atoms with Crippen LogP contribution >= 0.6 is 10.7 Å². The Balaban J connectivity index is 3.56. The molecule has 0 N–H and O–H groups in total. The smallest absolute Gasteiger partial charge is 0.248 e. The first-order valence-electron chi connectivity index (χ1n) is 3.63. The Bertz CT molecular complexity index is 489. The molecule has 0 aliphatic heterocycles. The van der Waals surface area contributed by atoms with Crippen LogP contribution in [-0.2, 0) is 9.05 Å². The zero-order valence-corrected chi connectivity index (χ0v) is 8.91. The second-order valence-electron chi connectivity index (χ2n) is 2.68. The first-order valence-corrected chi connectivity index (χ1v) is 5.94. The van der Waals surface area contributed by atoms with E-state index in [1.54, 1.807) is 0 Å². The SMILES string of the molecule is Cc1nc(C(F)F)c(S(=O)(=O)Cl)cc1F. The summed E-state index contributed by atoms with van der Waals surface area (Å²) in [6, 6.07) is 0.437. The number of aryl methyl sites for hydroxylation is 1. The molecule has 84 valence electrons. The van der Waals surface area contributed by atoms with Crippen molar-refractivity contribution in [1.82, 2.24) is 4.98 Å². The molecule has 8 heteroatoms. The zero-order valence-electron chi connectivity index (χ0n) is 7.34. The molecule has 0 spiro atoms. The van der Waals surface area contributed by atoms with E-state index in [1.165, 1.54) is 0 Å². The summed E-state index contributed by atoms with van der Waals surface area (Å²) in [6.07, 6.45) is -3.13. The highest BCUT2D eigenvalue weighted by molar-refractivity contribution is 8.13. The van der Waals surface area contributed by atoms with Gasteiger partial charge in [-0.2, -0.15) is 0 Å². The number of nitrogens with zero attached hydrogens (tertiary/aromatic N) is 1. The Morgan fingerprint density at radius 3 is 2.40 bits per heavy atom. The topological polar surface area (TPSA) is 47.0 Å². The second kappa shape index (κ2) is 3.97. The molecule has 0 amide bonds. The van der Waals surface area contributed by atoms with Crippen LogP contribution < -0.4 is 0 Å². The average Bonchev–Trinajstić information content (AvgIpc) is 2.06. The van der Waals surface area contributed by atoms with Crippen LogP contribution in [0.5, 0.6) is 0 Å². The van der Waals surface area contributed by atoms with Gasteiger partial charge in [0.2, 0.25) is 0 Å². The summed E-state index contributed by atoms with van der Waals surface area (Å²) >= 11 is 0. The fraction of sp³-hybridized carbons (Fsp3) is 0.286. The third kappa shape index (κ3) is 2.60. The van der Waals surface area contributed by atoms with Gasteiger partial charge in [-0.25, -0.2) is 26.6 Å². The molecule has 1 aromatic heterocycles. The summed E-state index contributed by atoms with van der Waals surface area (Å²) in [6.45, 7) is 1.14. The van der Waals surface area contributed by atoms with E-state index in [-0.39, 0.29) is 5.69 Å². The highest BCUT2D eigenvalue weighted by Gasteiger charge is 2.25. The summed E-state index contributed by atoms with van der Waals surface area (Å²) < 4.78 is 59.3. The van der Waals surface area contributed by atoms with Crippen LogP contribution in [-0.4, -0.2) is 13.4 Å². The van der Waals surface area contributed by atoms with Crippen LogP contribution in [0.4, 0.5) is 13.2 Å². The molecule has 0 aromatic carbocycles. The zero-order chi connectivity index (χ0) is 11.8. The van der Waals surface area contributed by atoms with Gasteiger partial charge in [-0.3, -0.25) is 0 Å². The third-order valence-electron chi connectivity index (χ3n) is 1.61. The molecule has 3 nitrogen and oxygen atoms in total. The fourth-order valence-corrected chi connectivity index (χ4v) is 1.93. The Morgan fingerprint density at radius 1 is 1.47 bits per heavy atom. The standard InChI is InChI=1S/C7H5ClF3NO2S/c1-3-4(9)2-5(15(8,13)14)6(12-3)7(10)11/h2,7H,1H3. The lowest BCUT2D eigenvalue weighted by atomic mass is 10.3. The lowest BCUT2D eigenvalue weighted by Gasteiger charge is -2.06. The van der Waals surface area contributed by atoms with Gasteiger partial charge in [-0.15, -0.1) is 0 Å². The summed E-state index contributed by atoms with van der Waals surface area (Å²) in [5.41, 5.74) is -1.35. The minimum atomic E-state index is -4.43. The molecule has 0 aliphatic carbocycles. The van der Waals surface area contributed by atoms with Gasteiger partial charge in [0.15, 0.2) is 0 Å². The highest BCUT2D eigenvalue weighted by Crippen LogP contribution is 2.28. The normalized spacial score (nSPS) is 12.1. The van der Waals surface area contributed by atoms with E-state index in [0.29, 0.717) is 6.07 Å². The maximum absolute atomic E-state index is 12.9. The molecule has 0 saturated heterocycles. The van der Waals surface area contributed by atoms with Crippen molar-refractivity contribution in [2.45, 2.75) is 18.2 Å². The van der Waals surface area contributed by atoms with Gasteiger partial charge in [0, 0.05) is 10.7 Å². The number of pyridine rings is 1. The molecular formula is C7H5ClF3NO2S. The quantitative estimate of drug-likeness (QED) is 0.766. The molecule has 0 atom stereocenters. The van der Waals surface area contributed by atoms with E-state index >= 15 is 0 Å². The molecule has 0 aliphatic rings. The summed E-state index contributed by atoms with van der Waals surface area (Å²) in [5.74, 6) is -1.00. The monoisotopic (exact) mass is 259 g/mol. The average molecular weight is 260 g/mol. The fourth-order valence-electron chi connectivity index (χ4n) is 0.934. The molecule has 0 fully saturated rings. The summed E-state index contributed by atoms with van der Waals surface area (Å²) in [7, 11) is 0.436. The van der Waals surface area contributed by atoms with Crippen LogP contribution in [0.25, 0.3) is 0 Å². The van der Waals surface area contributed by atoms with E-state index in [0.717, 1.165) is 6.92 Å². The summed E-state index contributed by atoms with van der Waals surface area (Å²) in [4.78, 5) is 2.15. The van der Waals surface area contributed by atoms with Crippen LogP contribution in [0.2, 0.25) is 0 Å². The van der Waals surface area contributed by atoms with E-state index in [9.17, 15) is 21.6 Å². The van der Waals surface area contributed by atoms with Crippen molar-refractivity contribution in [3.8, 4) is 0 Å². The molecule has 0 bridgehead atoms. The number of hydrogen-bond donors (Lipinski definition) is 0. The van der Waals surface area contributed by atoms with Gasteiger partial charge in [0.1, 0.15) is 16.4 Å². The van der Waals surface area contributed by atoms with Gasteiger partial charge in [-0.05, 0) is 13.0 Å². The molecule has 0 saturated carbocycles. The van der Waals surface area contributed by atoms with Crippen LogP contribution in [0.3, 0.4) is 0 Å². The van der Waals surface area contributed by atoms with E-state index in [4.69, 9.17) is 10.7 Å². The van der Waals surface area contributed by atoms with Gasteiger partial charge >= 0.3 is 0 Å². The van der Waals surface area contributed by atoms with Crippen molar-refractivity contribution in [2.75, 3.05) is 0 Å². The van der Waals surface area contributed by atoms with E-state index in [1.807, 2.05) is 0 Å². The number of rotatable bonds is 2. The van der Waals surface area contributed by atoms with Crippen molar-refractivity contribution in [3.05, 3.63) is 23.3 Å². The number of halogens is 4. The minimum absolute atomic E-state index is 0.311. The van der Waals surface area contributed by atoms with Crippen molar-refractivity contribution in [1.29, 1.82) is 0 Å². The Morgan fingerprint density at radius 2 is 2.00 bits per heavy atom. The second-order valence-corrected chi connectivity index (χ2v) is 5.21. The van der Waals surface area contributed by atoms with Gasteiger partial charge in [0.05, 0.1) is 5.69 Å². The Labute approximate surface area is 88.3 Å². The van der Waals surface area contributed by atoms with Crippen molar-refractivity contribution < 1.29 is 21.6 Å². The van der Waals surface area contributed by atoms with E-state index < -0.39 is 31.9 Å². The minimum Gasteiger partial charge on any atom is -0.248 e. The van der Waals surface area contributed by atoms with Crippen LogP contribution in [0, 0.1) is 12.7 Å². The molecule has 1 heterocycles. The number of alkyl halides is 2. The van der Waals surface area contributed by atoms with Gasteiger partial charge in [0.25, 0.3) is 15.5 Å². The molecular weight excluding hydrogens is 255 g/mol. The molecule has 1 rings (SSSR count). The Hall–Kier alpha value is -0.820. The van der Waals surface area contributed by atoms with E-state index in [2.05, 4.69) is 4.98 Å². The maximum atomic E-state index is 12.9. The first kappa shape index (κ1) is 12.3. The van der Waals surface area contributed by atoms with Crippen molar-refractivity contribution >= 4 is 19.7 Å². The van der Waals surface area contributed by atoms with Gasteiger partial charge < -0.3 is 0 Å². The number of hydrogen-bond acceptors (Lipinski definition) is 3. The lowest BCUT2D eigenvalue weighted by Crippen LogP contribution is -2.05. The van der Waals surface area contributed by atoms with Gasteiger partial charge in [-0.1, -0.05) is 0 Å². The van der Waals surface area contributed by atoms with Crippen LogP contribution in [0.15, 0.2) is 11.0 Å². The molecule has 0 radical (unpaired) electrons. The lowest BCUT2D eigenvalue weighted by molar-refractivity contribution is 0.142. The molecule has 0 unspecified atom stereocenters. The predicted molar refractivity (Wildman–Crippen MR) is 46.9 cm³/mol.